The molecule has 2 aliphatic rings. The van der Waals surface area contributed by atoms with E-state index in [1.54, 1.807) is 0 Å². The van der Waals surface area contributed by atoms with Gasteiger partial charge < -0.3 is 5.32 Å². The maximum atomic E-state index is 13.9. The Labute approximate surface area is 171 Å². The third-order valence-corrected chi connectivity index (χ3v) is 7.97. The molecular formula is C25H27N3O. The standard InChI is InChI=1S/C25H27N3O/c1-15-10-11-16(2)19(14-15)28-22(29)25-13-12-24(5,23(25,3)4)20-21(25)27-18-9-7-6-8-17(18)26-20/h6-11,14H,12-13H2,1-5H3,(H,28,29). The Bertz CT molecular complexity index is 1180. The monoisotopic (exact) mass is 385 g/mol. The smallest absolute Gasteiger partial charge is 0.237 e. The number of amides is 1. The van der Waals surface area contributed by atoms with Crippen LogP contribution in [0.15, 0.2) is 42.5 Å². The van der Waals surface area contributed by atoms with Gasteiger partial charge in [0.1, 0.15) is 0 Å². The van der Waals surface area contributed by atoms with Crippen LogP contribution in [0.1, 0.15) is 56.1 Å². The molecular weight excluding hydrogens is 358 g/mol. The number of nitrogens with zero attached hydrogens (tertiary/aromatic N) is 2. The number of anilines is 1. The van der Waals surface area contributed by atoms with Gasteiger partial charge in [0.2, 0.25) is 5.91 Å². The van der Waals surface area contributed by atoms with Gasteiger partial charge in [-0.05, 0) is 61.4 Å². The fourth-order valence-electron chi connectivity index (χ4n) is 5.65. The highest BCUT2D eigenvalue weighted by molar-refractivity contribution is 6.02. The van der Waals surface area contributed by atoms with Crippen LogP contribution < -0.4 is 5.32 Å². The van der Waals surface area contributed by atoms with E-state index >= 15 is 0 Å². The third kappa shape index (κ3) is 2.12. The van der Waals surface area contributed by atoms with Crippen LogP contribution in [0, 0.1) is 19.3 Å². The number of fused-ring (bicyclic) bond motifs is 6. The van der Waals surface area contributed by atoms with Gasteiger partial charge in [0.05, 0.1) is 27.8 Å². The van der Waals surface area contributed by atoms with Gasteiger partial charge in [-0.1, -0.05) is 45.0 Å². The second-order valence-corrected chi connectivity index (χ2v) is 9.54. The molecule has 1 heterocycles. The Morgan fingerprint density at radius 2 is 1.59 bits per heavy atom. The van der Waals surface area contributed by atoms with E-state index in [0.29, 0.717) is 0 Å². The summed E-state index contributed by atoms with van der Waals surface area (Å²) in [6.45, 7) is 10.8. The van der Waals surface area contributed by atoms with Crippen molar-refractivity contribution in [1.29, 1.82) is 0 Å². The second-order valence-electron chi connectivity index (χ2n) is 9.54. The number of aromatic nitrogens is 2. The molecule has 5 rings (SSSR count). The van der Waals surface area contributed by atoms with Crippen molar-refractivity contribution in [2.45, 2.75) is 58.3 Å². The van der Waals surface area contributed by atoms with Crippen molar-refractivity contribution in [1.82, 2.24) is 9.97 Å². The van der Waals surface area contributed by atoms with Crippen LogP contribution in [0.3, 0.4) is 0 Å². The van der Waals surface area contributed by atoms with Gasteiger partial charge in [-0.2, -0.15) is 0 Å². The molecule has 2 aliphatic carbocycles. The number of carbonyl (C=O) groups excluding carboxylic acids is 1. The molecule has 29 heavy (non-hydrogen) atoms. The van der Waals surface area contributed by atoms with Crippen molar-refractivity contribution in [3.8, 4) is 0 Å². The van der Waals surface area contributed by atoms with Crippen molar-refractivity contribution in [3.63, 3.8) is 0 Å². The highest BCUT2D eigenvalue weighted by Gasteiger charge is 2.73. The first kappa shape index (κ1) is 18.3. The van der Waals surface area contributed by atoms with E-state index in [0.717, 1.165) is 52.1 Å². The average Bonchev–Trinajstić information content (AvgIpc) is 2.99. The maximum absolute atomic E-state index is 13.9. The lowest BCUT2D eigenvalue weighted by molar-refractivity contribution is -0.125. The van der Waals surface area contributed by atoms with Gasteiger partial charge in [0.15, 0.2) is 0 Å². The SMILES string of the molecule is Cc1ccc(C)c(NC(=O)C23CCC(C)(c4nc5ccccc5nc42)C3(C)C)c1. The van der Waals surface area contributed by atoms with Crippen molar-refractivity contribution < 1.29 is 4.79 Å². The maximum Gasteiger partial charge on any atom is 0.237 e. The van der Waals surface area contributed by atoms with Gasteiger partial charge in [-0.25, -0.2) is 9.97 Å². The van der Waals surface area contributed by atoms with E-state index in [2.05, 4.69) is 38.2 Å². The van der Waals surface area contributed by atoms with Gasteiger partial charge >= 0.3 is 0 Å². The molecule has 148 valence electrons. The van der Waals surface area contributed by atoms with E-state index in [-0.39, 0.29) is 16.7 Å². The lowest BCUT2D eigenvalue weighted by atomic mass is 9.63. The van der Waals surface area contributed by atoms with E-state index in [9.17, 15) is 4.79 Å². The zero-order chi connectivity index (χ0) is 20.6. The summed E-state index contributed by atoms with van der Waals surface area (Å²) in [5.74, 6) is 0.0447. The molecule has 0 saturated heterocycles. The summed E-state index contributed by atoms with van der Waals surface area (Å²) in [6, 6.07) is 14.1. The van der Waals surface area contributed by atoms with Crippen molar-refractivity contribution >= 4 is 22.6 Å². The second kappa shape index (κ2) is 5.65. The summed E-state index contributed by atoms with van der Waals surface area (Å²) in [4.78, 5) is 24.0. The molecule has 0 spiro atoms. The Morgan fingerprint density at radius 3 is 2.28 bits per heavy atom. The predicted octanol–water partition coefficient (Wildman–Crippen LogP) is 5.21. The molecule has 4 nitrogen and oxygen atoms in total. The molecule has 1 amide bonds. The number of nitrogens with one attached hydrogen (secondary N) is 1. The number of para-hydroxylation sites is 2. The molecule has 4 heteroatoms. The molecule has 1 fully saturated rings. The lowest BCUT2D eigenvalue weighted by Crippen LogP contribution is -2.48. The summed E-state index contributed by atoms with van der Waals surface area (Å²) in [5.41, 5.74) is 5.61. The Morgan fingerprint density at radius 1 is 0.931 bits per heavy atom. The van der Waals surface area contributed by atoms with Crippen LogP contribution in [0.25, 0.3) is 11.0 Å². The third-order valence-electron chi connectivity index (χ3n) is 7.97. The molecule has 1 saturated carbocycles. The van der Waals surface area contributed by atoms with Crippen LogP contribution in [-0.2, 0) is 15.6 Å². The predicted molar refractivity (Wildman–Crippen MR) is 116 cm³/mol. The molecule has 2 unspecified atom stereocenters. The van der Waals surface area contributed by atoms with Gasteiger partial charge in [-0.15, -0.1) is 0 Å². The minimum atomic E-state index is -0.676. The Kier molecular flexibility index (Phi) is 3.57. The number of hydrogen-bond acceptors (Lipinski definition) is 3. The summed E-state index contributed by atoms with van der Waals surface area (Å²) in [7, 11) is 0. The fourth-order valence-corrected chi connectivity index (χ4v) is 5.65. The van der Waals surface area contributed by atoms with Gasteiger partial charge in [0.25, 0.3) is 0 Å². The lowest BCUT2D eigenvalue weighted by Gasteiger charge is -2.39. The average molecular weight is 386 g/mol. The van der Waals surface area contributed by atoms with Crippen molar-refractivity contribution in [2.24, 2.45) is 5.41 Å². The topological polar surface area (TPSA) is 54.9 Å². The molecule has 1 aromatic heterocycles. The molecule has 2 atom stereocenters. The van der Waals surface area contributed by atoms with Crippen LogP contribution in [-0.4, -0.2) is 15.9 Å². The normalized spacial score (nSPS) is 26.5. The van der Waals surface area contributed by atoms with E-state index in [1.807, 2.05) is 44.2 Å². The molecule has 0 aliphatic heterocycles. The fraction of sp³-hybridized carbons (Fsp3) is 0.400. The van der Waals surface area contributed by atoms with Crippen molar-refractivity contribution in [2.75, 3.05) is 5.32 Å². The summed E-state index contributed by atoms with van der Waals surface area (Å²) in [6.07, 6.45) is 1.74. The highest BCUT2D eigenvalue weighted by atomic mass is 16.2. The molecule has 3 aromatic rings. The van der Waals surface area contributed by atoms with Gasteiger partial charge in [0, 0.05) is 11.1 Å². The largest absolute Gasteiger partial charge is 0.325 e. The zero-order valence-electron chi connectivity index (χ0n) is 17.8. The first-order chi connectivity index (χ1) is 13.7. The Hall–Kier alpha value is -2.75. The Balaban J connectivity index is 1.70. The number of carbonyl (C=O) groups is 1. The van der Waals surface area contributed by atoms with E-state index < -0.39 is 5.41 Å². The number of hydrogen-bond donors (Lipinski definition) is 1. The molecule has 0 radical (unpaired) electrons. The van der Waals surface area contributed by atoms with Crippen LogP contribution >= 0.6 is 0 Å². The molecule has 1 N–H and O–H groups in total. The van der Waals surface area contributed by atoms with E-state index in [1.165, 1.54) is 0 Å². The minimum Gasteiger partial charge on any atom is -0.325 e. The first-order valence-electron chi connectivity index (χ1n) is 10.4. The number of benzene rings is 2. The quantitative estimate of drug-likeness (QED) is 0.658. The number of aryl methyl sites for hydroxylation is 2. The first-order valence-corrected chi connectivity index (χ1v) is 10.4. The summed E-state index contributed by atoms with van der Waals surface area (Å²) in [5, 5.41) is 3.27. The van der Waals surface area contributed by atoms with E-state index in [4.69, 9.17) is 9.97 Å². The summed E-state index contributed by atoms with van der Waals surface area (Å²) >= 11 is 0. The van der Waals surface area contributed by atoms with Gasteiger partial charge in [-0.3, -0.25) is 4.79 Å². The van der Waals surface area contributed by atoms with Crippen LogP contribution in [0.4, 0.5) is 5.69 Å². The number of rotatable bonds is 2. The molecule has 2 aromatic carbocycles. The zero-order valence-corrected chi connectivity index (χ0v) is 17.8. The van der Waals surface area contributed by atoms with Crippen LogP contribution in [0.5, 0.6) is 0 Å². The van der Waals surface area contributed by atoms with Crippen LogP contribution in [0.2, 0.25) is 0 Å². The van der Waals surface area contributed by atoms with Crippen molar-refractivity contribution in [3.05, 3.63) is 65.0 Å². The minimum absolute atomic E-state index is 0.0447. The summed E-state index contributed by atoms with van der Waals surface area (Å²) < 4.78 is 0. The highest BCUT2D eigenvalue weighted by Crippen LogP contribution is 2.70. The molecule has 2 bridgehead atoms.